The number of halogens is 2. The molecule has 1 aromatic rings. The van der Waals surface area contributed by atoms with Crippen LogP contribution in [0.25, 0.3) is 0 Å². The topological polar surface area (TPSA) is 70.0 Å². The predicted octanol–water partition coefficient (Wildman–Crippen LogP) is 1.11. The Hall–Kier alpha value is -1.73. The Morgan fingerprint density at radius 2 is 1.95 bits per heavy atom. The molecule has 1 atom stereocenters. The van der Waals surface area contributed by atoms with Gasteiger partial charge in [0.25, 0.3) is 0 Å². The molecule has 5 nitrogen and oxygen atoms in total. The van der Waals surface area contributed by atoms with Crippen LogP contribution in [0, 0.1) is 11.6 Å². The van der Waals surface area contributed by atoms with Gasteiger partial charge >= 0.3 is 5.97 Å². The van der Waals surface area contributed by atoms with Crippen molar-refractivity contribution in [3.8, 4) is 0 Å². The number of anilines is 1. The van der Waals surface area contributed by atoms with Gasteiger partial charge in [0.1, 0.15) is 17.3 Å². The zero-order valence-electron chi connectivity index (χ0n) is 10.6. The number of nitrogens with zero attached hydrogens (tertiary/aromatic N) is 1. The second-order valence-corrected chi connectivity index (χ2v) is 4.08. The van der Waals surface area contributed by atoms with Gasteiger partial charge in [-0.2, -0.15) is 0 Å². The predicted molar refractivity (Wildman–Crippen MR) is 64.5 cm³/mol. The van der Waals surface area contributed by atoms with Crippen molar-refractivity contribution in [2.75, 3.05) is 32.2 Å². The number of likely N-dealkylation sites (N-methyl/N-ethyl adjacent to an activating group) is 1. The van der Waals surface area contributed by atoms with Gasteiger partial charge in [-0.05, 0) is 12.1 Å². The van der Waals surface area contributed by atoms with Crippen LogP contribution in [0.5, 0.6) is 0 Å². The highest BCUT2D eigenvalue weighted by atomic mass is 19.1. The molecule has 0 bridgehead atoms. The van der Waals surface area contributed by atoms with E-state index < -0.39 is 29.3 Å². The van der Waals surface area contributed by atoms with Crippen molar-refractivity contribution in [1.82, 2.24) is 0 Å². The van der Waals surface area contributed by atoms with E-state index in [0.29, 0.717) is 0 Å². The summed E-state index contributed by atoms with van der Waals surface area (Å²) in [6, 6.07) is 1.47. The first-order valence-electron chi connectivity index (χ1n) is 5.47. The van der Waals surface area contributed by atoms with Crippen LogP contribution in [-0.4, -0.2) is 49.6 Å². The molecule has 0 spiro atoms. The third-order valence-electron chi connectivity index (χ3n) is 2.49. The Morgan fingerprint density at radius 1 is 1.42 bits per heavy atom. The van der Waals surface area contributed by atoms with Gasteiger partial charge in [-0.15, -0.1) is 0 Å². The number of ether oxygens (including phenoxy) is 1. The second kappa shape index (κ2) is 6.44. The number of rotatable bonds is 6. The summed E-state index contributed by atoms with van der Waals surface area (Å²) in [6.45, 7) is -0.0190. The van der Waals surface area contributed by atoms with Crippen LogP contribution in [0.1, 0.15) is 10.4 Å². The van der Waals surface area contributed by atoms with E-state index in [-0.39, 0.29) is 18.8 Å². The first-order valence-corrected chi connectivity index (χ1v) is 5.47. The lowest BCUT2D eigenvalue weighted by Crippen LogP contribution is -2.33. The van der Waals surface area contributed by atoms with Crippen LogP contribution in [0.2, 0.25) is 0 Å². The Morgan fingerprint density at radius 3 is 2.37 bits per heavy atom. The average molecular weight is 275 g/mol. The van der Waals surface area contributed by atoms with Crippen LogP contribution in [0.4, 0.5) is 14.5 Å². The third kappa shape index (κ3) is 3.87. The zero-order valence-corrected chi connectivity index (χ0v) is 10.6. The van der Waals surface area contributed by atoms with Gasteiger partial charge in [0.2, 0.25) is 0 Å². The van der Waals surface area contributed by atoms with Gasteiger partial charge < -0.3 is 19.8 Å². The molecule has 0 heterocycles. The van der Waals surface area contributed by atoms with Crippen LogP contribution in [0.15, 0.2) is 12.1 Å². The lowest BCUT2D eigenvalue weighted by Gasteiger charge is -2.23. The molecular weight excluding hydrogens is 260 g/mol. The van der Waals surface area contributed by atoms with E-state index in [1.165, 1.54) is 19.1 Å². The fourth-order valence-electron chi connectivity index (χ4n) is 1.71. The molecule has 0 saturated heterocycles. The fourth-order valence-corrected chi connectivity index (χ4v) is 1.71. The molecule has 0 aromatic heterocycles. The van der Waals surface area contributed by atoms with E-state index in [1.807, 2.05) is 0 Å². The smallest absolute Gasteiger partial charge is 0.335 e. The largest absolute Gasteiger partial charge is 0.478 e. The van der Waals surface area contributed by atoms with Crippen molar-refractivity contribution >= 4 is 11.7 Å². The molecule has 0 aliphatic carbocycles. The van der Waals surface area contributed by atoms with E-state index in [4.69, 9.17) is 9.84 Å². The van der Waals surface area contributed by atoms with E-state index in [9.17, 15) is 18.7 Å². The number of hydrogen-bond donors (Lipinski definition) is 2. The number of carboxylic acids is 1. The number of carboxylic acid groups (broad SMARTS) is 1. The van der Waals surface area contributed by atoms with E-state index in [2.05, 4.69) is 0 Å². The van der Waals surface area contributed by atoms with E-state index in [0.717, 1.165) is 12.1 Å². The summed E-state index contributed by atoms with van der Waals surface area (Å²) in [6.07, 6.45) is -0.909. The van der Waals surface area contributed by atoms with Crippen LogP contribution < -0.4 is 4.90 Å². The average Bonchev–Trinajstić information content (AvgIpc) is 2.27. The summed E-state index contributed by atoms with van der Waals surface area (Å²) in [4.78, 5) is 11.8. The van der Waals surface area contributed by atoms with Gasteiger partial charge in [0.05, 0.1) is 18.3 Å². The van der Waals surface area contributed by atoms with E-state index in [1.54, 1.807) is 0 Å². The molecular formula is C12H15F2NO4. The lowest BCUT2D eigenvalue weighted by molar-refractivity contribution is 0.0688. The van der Waals surface area contributed by atoms with Crippen LogP contribution in [-0.2, 0) is 4.74 Å². The first-order chi connectivity index (χ1) is 8.86. The summed E-state index contributed by atoms with van der Waals surface area (Å²) in [7, 11) is 2.78. The molecule has 0 aliphatic rings. The standard InChI is InChI=1S/C12H15F2NO4/c1-15(5-8(16)6-19-2)11-9(13)3-7(12(17)18)4-10(11)14/h3-4,8,16H,5-6H2,1-2H3,(H,17,18). The molecule has 19 heavy (non-hydrogen) atoms. The fraction of sp³-hybridized carbons (Fsp3) is 0.417. The summed E-state index contributed by atoms with van der Waals surface area (Å²) in [5, 5.41) is 18.2. The molecule has 1 aromatic carbocycles. The molecule has 0 aliphatic heterocycles. The molecule has 1 unspecified atom stereocenters. The van der Waals surface area contributed by atoms with Gasteiger partial charge in [0, 0.05) is 20.7 Å². The first kappa shape index (κ1) is 15.3. The Kier molecular flexibility index (Phi) is 5.20. The van der Waals surface area contributed by atoms with Crippen molar-refractivity contribution in [2.24, 2.45) is 0 Å². The minimum atomic E-state index is -1.41. The molecule has 0 fully saturated rings. The maximum atomic E-state index is 13.7. The van der Waals surface area contributed by atoms with Crippen molar-refractivity contribution in [1.29, 1.82) is 0 Å². The highest BCUT2D eigenvalue weighted by Gasteiger charge is 2.19. The maximum absolute atomic E-state index is 13.7. The number of benzene rings is 1. The third-order valence-corrected chi connectivity index (χ3v) is 2.49. The molecule has 1 rings (SSSR count). The molecule has 7 heteroatoms. The number of aliphatic hydroxyl groups is 1. The van der Waals surface area contributed by atoms with Crippen molar-refractivity contribution < 1.29 is 28.5 Å². The normalized spacial score (nSPS) is 12.3. The van der Waals surface area contributed by atoms with Gasteiger partial charge in [-0.3, -0.25) is 0 Å². The highest BCUT2D eigenvalue weighted by molar-refractivity contribution is 5.88. The van der Waals surface area contributed by atoms with Gasteiger partial charge in [0.15, 0.2) is 0 Å². The van der Waals surface area contributed by atoms with Crippen LogP contribution >= 0.6 is 0 Å². The minimum absolute atomic E-state index is 0.0286. The number of hydrogen-bond acceptors (Lipinski definition) is 4. The van der Waals surface area contributed by atoms with Crippen LogP contribution in [0.3, 0.4) is 0 Å². The Balaban J connectivity index is 2.97. The number of aliphatic hydroxyl groups excluding tert-OH is 1. The molecule has 106 valence electrons. The summed E-state index contributed by atoms with van der Waals surface area (Å²) in [5.74, 6) is -3.40. The van der Waals surface area contributed by atoms with Gasteiger partial charge in [-0.1, -0.05) is 0 Å². The molecule has 0 radical (unpaired) electrons. The molecule has 0 saturated carbocycles. The Labute approximate surface area is 109 Å². The van der Waals surface area contributed by atoms with Gasteiger partial charge in [-0.25, -0.2) is 13.6 Å². The number of carbonyl (C=O) groups is 1. The van der Waals surface area contributed by atoms with E-state index >= 15 is 0 Å². The number of aromatic carboxylic acids is 1. The summed E-state index contributed by atoms with van der Waals surface area (Å²) in [5.41, 5.74) is -0.857. The van der Waals surface area contributed by atoms with Crippen molar-refractivity contribution in [2.45, 2.75) is 6.10 Å². The highest BCUT2D eigenvalue weighted by Crippen LogP contribution is 2.24. The summed E-state index contributed by atoms with van der Waals surface area (Å²) < 4.78 is 32.1. The number of methoxy groups -OCH3 is 1. The molecule has 2 N–H and O–H groups in total. The maximum Gasteiger partial charge on any atom is 0.335 e. The lowest BCUT2D eigenvalue weighted by atomic mass is 10.1. The quantitative estimate of drug-likeness (QED) is 0.813. The summed E-state index contributed by atoms with van der Waals surface area (Å²) >= 11 is 0. The molecule has 0 amide bonds. The van der Waals surface area contributed by atoms with Crippen molar-refractivity contribution in [3.05, 3.63) is 29.3 Å². The zero-order chi connectivity index (χ0) is 14.6. The minimum Gasteiger partial charge on any atom is -0.478 e. The SMILES string of the molecule is COCC(O)CN(C)c1c(F)cc(C(=O)O)cc1F. The second-order valence-electron chi connectivity index (χ2n) is 4.08. The van der Waals surface area contributed by atoms with Crippen molar-refractivity contribution in [3.63, 3.8) is 0 Å². The monoisotopic (exact) mass is 275 g/mol. The Bertz CT molecular complexity index is 444.